The smallest absolute Gasteiger partial charge is 0.663 e. The van der Waals surface area contributed by atoms with Gasteiger partial charge in [-0.05, 0) is 0 Å². The van der Waals surface area contributed by atoms with Gasteiger partial charge in [0.1, 0.15) is 0 Å². The van der Waals surface area contributed by atoms with E-state index in [9.17, 15) is 4.91 Å². The van der Waals surface area contributed by atoms with Crippen LogP contribution in [0, 0.1) is 4.91 Å². The first-order valence-electron chi connectivity index (χ1n) is 1.76. The van der Waals surface area contributed by atoms with Gasteiger partial charge in [-0.2, -0.15) is 12.0 Å². The fourth-order valence-electron chi connectivity index (χ4n) is 0.141. The molecule has 0 aromatic rings. The molecule has 0 saturated carbocycles. The Bertz CT molecular complexity index is 41.9. The van der Waals surface area contributed by atoms with Gasteiger partial charge in [0.15, 0.2) is 0 Å². The summed E-state index contributed by atoms with van der Waals surface area (Å²) in [5.74, 6) is 0. The van der Waals surface area contributed by atoms with E-state index in [1.54, 1.807) is 7.05 Å². The van der Waals surface area contributed by atoms with Crippen LogP contribution in [0.3, 0.4) is 0 Å². The van der Waals surface area contributed by atoms with E-state index in [2.05, 4.69) is 10.5 Å². The summed E-state index contributed by atoms with van der Waals surface area (Å²) in [4.78, 5) is 9.25. The third-order valence-corrected chi connectivity index (χ3v) is 0.415. The summed E-state index contributed by atoms with van der Waals surface area (Å²) in [6.07, 6.45) is 0. The number of hydrogen-bond acceptors (Lipinski definition) is 2. The summed E-state index contributed by atoms with van der Waals surface area (Å²) in [5, 5.41) is 6.21. The quantitative estimate of drug-likeness (QED) is 0.230. The van der Waals surface area contributed by atoms with E-state index in [-0.39, 0.29) is 29.6 Å². The minimum Gasteiger partial charge on any atom is -0.663 e. The average Bonchev–Trinajstić information content (AvgIpc) is 1.61. The molecule has 0 unspecified atom stereocenters. The topological polar surface area (TPSA) is 43.5 Å². The molecule has 7 heavy (non-hydrogen) atoms. The zero-order valence-corrected chi connectivity index (χ0v) is 6.72. The SMILES string of the molecule is C[N-]CCN=O.[Na+]. The molecule has 3 nitrogen and oxygen atoms in total. The second-order valence-corrected chi connectivity index (χ2v) is 0.893. The van der Waals surface area contributed by atoms with E-state index in [1.807, 2.05) is 0 Å². The Morgan fingerprint density at radius 2 is 2.29 bits per heavy atom. The van der Waals surface area contributed by atoms with E-state index in [0.29, 0.717) is 13.1 Å². The second-order valence-electron chi connectivity index (χ2n) is 0.893. The van der Waals surface area contributed by atoms with E-state index in [1.165, 1.54) is 0 Å². The van der Waals surface area contributed by atoms with Gasteiger partial charge in [-0.25, -0.2) is 0 Å². The summed E-state index contributed by atoms with van der Waals surface area (Å²) < 4.78 is 0. The third-order valence-electron chi connectivity index (χ3n) is 0.415. The molecule has 0 aromatic carbocycles. The van der Waals surface area contributed by atoms with Crippen LogP contribution in [0.15, 0.2) is 5.18 Å². The third kappa shape index (κ3) is 10.8. The Hall–Kier alpha value is 0.560. The molecule has 0 saturated heterocycles. The van der Waals surface area contributed by atoms with Crippen molar-refractivity contribution >= 4 is 0 Å². The van der Waals surface area contributed by atoms with Crippen molar-refractivity contribution in [2.45, 2.75) is 0 Å². The van der Waals surface area contributed by atoms with Gasteiger partial charge in [-0.1, -0.05) is 5.18 Å². The zero-order valence-electron chi connectivity index (χ0n) is 4.72. The van der Waals surface area contributed by atoms with Crippen LogP contribution < -0.4 is 29.6 Å². The maximum Gasteiger partial charge on any atom is 1.00 e. The molecule has 0 spiro atoms. The average molecular weight is 110 g/mol. The molecule has 0 aliphatic heterocycles. The normalized spacial score (nSPS) is 7.00. The Morgan fingerprint density at radius 1 is 1.71 bits per heavy atom. The van der Waals surface area contributed by atoms with Crippen LogP contribution in [0.4, 0.5) is 0 Å². The largest absolute Gasteiger partial charge is 1.00 e. The van der Waals surface area contributed by atoms with Crippen molar-refractivity contribution in [3.05, 3.63) is 10.2 Å². The molecular formula is C3H7N2NaO. The molecule has 0 N–H and O–H groups in total. The van der Waals surface area contributed by atoms with Gasteiger partial charge < -0.3 is 5.32 Å². The van der Waals surface area contributed by atoms with Crippen molar-refractivity contribution in [1.82, 2.24) is 0 Å². The van der Waals surface area contributed by atoms with Crippen LogP contribution in [0.1, 0.15) is 0 Å². The van der Waals surface area contributed by atoms with Crippen molar-refractivity contribution in [3.8, 4) is 0 Å². The standard InChI is InChI=1S/C3H7N2O.Na/c1-4-2-3-5-6;/h2-3H2,1H3;/q-1;+1. The van der Waals surface area contributed by atoms with Crippen LogP contribution in [0.5, 0.6) is 0 Å². The molecule has 36 valence electrons. The monoisotopic (exact) mass is 110 g/mol. The Kier molecular flexibility index (Phi) is 14.7. The maximum absolute atomic E-state index is 9.25. The van der Waals surface area contributed by atoms with Crippen molar-refractivity contribution in [1.29, 1.82) is 0 Å². The predicted octanol–water partition coefficient (Wildman–Crippen LogP) is -2.24. The van der Waals surface area contributed by atoms with Crippen molar-refractivity contribution < 1.29 is 29.6 Å². The predicted molar refractivity (Wildman–Crippen MR) is 24.8 cm³/mol. The summed E-state index contributed by atoms with van der Waals surface area (Å²) in [6, 6.07) is 0. The number of hydrogen-bond donors (Lipinski definition) is 0. The van der Waals surface area contributed by atoms with Crippen LogP contribution in [-0.4, -0.2) is 20.1 Å². The van der Waals surface area contributed by atoms with Crippen molar-refractivity contribution in [3.63, 3.8) is 0 Å². The fourth-order valence-corrected chi connectivity index (χ4v) is 0.141. The first kappa shape index (κ1) is 10.5. The Morgan fingerprint density at radius 3 is 2.43 bits per heavy atom. The second kappa shape index (κ2) is 9.75. The molecule has 0 heterocycles. The molecule has 0 radical (unpaired) electrons. The Labute approximate surface area is 65.1 Å². The van der Waals surface area contributed by atoms with E-state index >= 15 is 0 Å². The van der Waals surface area contributed by atoms with E-state index in [0.717, 1.165) is 0 Å². The van der Waals surface area contributed by atoms with Gasteiger partial charge in [-0.3, -0.25) is 0 Å². The molecule has 0 amide bonds. The van der Waals surface area contributed by atoms with Crippen LogP contribution >= 0.6 is 0 Å². The minimum absolute atomic E-state index is 0. The zero-order chi connectivity index (χ0) is 4.83. The molecule has 0 aromatic heterocycles. The van der Waals surface area contributed by atoms with Gasteiger partial charge in [0.2, 0.25) is 0 Å². The summed E-state index contributed by atoms with van der Waals surface area (Å²) in [5.41, 5.74) is 0. The molecule has 0 bridgehead atoms. The first-order chi connectivity index (χ1) is 2.91. The molecular weight excluding hydrogens is 103 g/mol. The number of nitroso groups, excluding NO2 is 1. The number of rotatable bonds is 3. The summed E-state index contributed by atoms with van der Waals surface area (Å²) in [6.45, 7) is 0.875. The van der Waals surface area contributed by atoms with Gasteiger partial charge in [-0.15, -0.1) is 6.54 Å². The molecule has 0 atom stereocenters. The molecule has 0 aliphatic rings. The summed E-state index contributed by atoms with van der Waals surface area (Å²) in [7, 11) is 1.66. The van der Waals surface area contributed by atoms with Gasteiger partial charge in [0, 0.05) is 0 Å². The summed E-state index contributed by atoms with van der Waals surface area (Å²) >= 11 is 0. The fraction of sp³-hybridized carbons (Fsp3) is 1.00. The molecule has 4 heteroatoms. The van der Waals surface area contributed by atoms with Crippen LogP contribution in [0.2, 0.25) is 0 Å². The maximum atomic E-state index is 9.25. The number of nitrogens with zero attached hydrogens (tertiary/aromatic N) is 2. The molecule has 0 rings (SSSR count). The number of likely N-dealkylation sites (N-methyl/N-ethyl adjacent to an activating group) is 1. The van der Waals surface area contributed by atoms with E-state index < -0.39 is 0 Å². The molecule has 0 fully saturated rings. The van der Waals surface area contributed by atoms with Crippen LogP contribution in [-0.2, 0) is 0 Å². The molecule has 0 aliphatic carbocycles. The minimum atomic E-state index is 0. The van der Waals surface area contributed by atoms with Crippen molar-refractivity contribution in [2.24, 2.45) is 5.18 Å². The first-order valence-corrected chi connectivity index (χ1v) is 1.76. The van der Waals surface area contributed by atoms with E-state index in [4.69, 9.17) is 0 Å². The van der Waals surface area contributed by atoms with Gasteiger partial charge in [0.25, 0.3) is 0 Å². The van der Waals surface area contributed by atoms with Gasteiger partial charge in [0.05, 0.1) is 6.54 Å². The van der Waals surface area contributed by atoms with Crippen LogP contribution in [0.25, 0.3) is 5.32 Å². The Balaban J connectivity index is 0. The van der Waals surface area contributed by atoms with Crippen molar-refractivity contribution in [2.75, 3.05) is 20.1 Å². The van der Waals surface area contributed by atoms with Gasteiger partial charge >= 0.3 is 29.6 Å².